The molecule has 3 rings (SSSR count). The number of hydrogen-bond acceptors (Lipinski definition) is 5. The van der Waals surface area contributed by atoms with E-state index in [4.69, 9.17) is 0 Å². The van der Waals surface area contributed by atoms with Gasteiger partial charge in [0.2, 0.25) is 0 Å². The maximum atomic E-state index is 12.4. The van der Waals surface area contributed by atoms with Gasteiger partial charge in [0, 0.05) is 33.2 Å². The summed E-state index contributed by atoms with van der Waals surface area (Å²) in [5.74, 6) is 0.736. The summed E-state index contributed by atoms with van der Waals surface area (Å²) in [7, 11) is 1.79. The number of fused-ring (bicyclic) bond motifs is 1. The normalized spacial score (nSPS) is 17.6. The minimum absolute atomic E-state index is 0.366. The maximum Gasteiger partial charge on any atom is 0.401 e. The van der Waals surface area contributed by atoms with Crippen molar-refractivity contribution < 1.29 is 13.2 Å². The first-order valence-corrected chi connectivity index (χ1v) is 6.61. The number of alkyl halides is 3. The number of aryl methyl sites for hydroxylation is 1. The molecule has 0 spiro atoms. The summed E-state index contributed by atoms with van der Waals surface area (Å²) in [6.07, 6.45) is -0.998. The van der Waals surface area contributed by atoms with E-state index in [0.717, 1.165) is 16.9 Å². The van der Waals surface area contributed by atoms with Crippen LogP contribution in [0.15, 0.2) is 12.5 Å². The van der Waals surface area contributed by atoms with Crippen LogP contribution in [0.5, 0.6) is 0 Å². The molecule has 1 fully saturated rings. The fraction of sp³-hybridized carbons (Fsp3) is 0.583. The van der Waals surface area contributed by atoms with E-state index < -0.39 is 12.7 Å². The van der Waals surface area contributed by atoms with Crippen LogP contribution < -0.4 is 4.90 Å². The second-order valence-electron chi connectivity index (χ2n) is 5.08. The largest absolute Gasteiger partial charge is 0.401 e. The second-order valence-corrected chi connectivity index (χ2v) is 5.08. The predicted octanol–water partition coefficient (Wildman–Crippen LogP) is 1.05. The van der Waals surface area contributed by atoms with Gasteiger partial charge in [-0.1, -0.05) is 0 Å². The molecule has 0 N–H and O–H groups in total. The van der Waals surface area contributed by atoms with E-state index >= 15 is 0 Å². The summed E-state index contributed by atoms with van der Waals surface area (Å²) in [5.41, 5.74) is 0.720. The minimum atomic E-state index is -4.15. The Hall–Kier alpha value is -1.90. The van der Waals surface area contributed by atoms with Crippen LogP contribution >= 0.6 is 0 Å². The second kappa shape index (κ2) is 5.14. The van der Waals surface area contributed by atoms with Crippen molar-refractivity contribution in [3.63, 3.8) is 0 Å². The standard InChI is InChI=1S/C12H15F3N6/c1-19-10-9(6-18-19)11(17-8-16-10)21-4-2-20(3-5-21)7-12(13,14)15/h6,8H,2-5,7H2,1H3. The van der Waals surface area contributed by atoms with E-state index in [0.29, 0.717) is 26.2 Å². The third kappa shape index (κ3) is 2.92. The topological polar surface area (TPSA) is 50.1 Å². The molecule has 0 amide bonds. The van der Waals surface area contributed by atoms with Crippen molar-refractivity contribution in [3.8, 4) is 0 Å². The lowest BCUT2D eigenvalue weighted by Crippen LogP contribution is -2.49. The first kappa shape index (κ1) is 14.1. The molecule has 0 atom stereocenters. The number of nitrogens with zero attached hydrogens (tertiary/aromatic N) is 6. The third-order valence-electron chi connectivity index (χ3n) is 3.58. The summed E-state index contributed by atoms with van der Waals surface area (Å²) >= 11 is 0. The van der Waals surface area contributed by atoms with Crippen molar-refractivity contribution in [2.75, 3.05) is 37.6 Å². The molecule has 0 radical (unpaired) electrons. The first-order valence-electron chi connectivity index (χ1n) is 6.61. The lowest BCUT2D eigenvalue weighted by atomic mass is 10.2. The predicted molar refractivity (Wildman–Crippen MR) is 71.0 cm³/mol. The maximum absolute atomic E-state index is 12.4. The summed E-state index contributed by atoms with van der Waals surface area (Å²) in [6.45, 7) is 0.900. The molecular weight excluding hydrogens is 285 g/mol. The smallest absolute Gasteiger partial charge is 0.353 e. The average molecular weight is 300 g/mol. The fourth-order valence-electron chi connectivity index (χ4n) is 2.57. The van der Waals surface area contributed by atoms with E-state index in [9.17, 15) is 13.2 Å². The van der Waals surface area contributed by atoms with Gasteiger partial charge in [0.1, 0.15) is 12.1 Å². The molecule has 2 aromatic rings. The molecular formula is C12H15F3N6. The Balaban J connectivity index is 1.74. The van der Waals surface area contributed by atoms with Crippen LogP contribution in [0.3, 0.4) is 0 Å². The number of piperazine rings is 1. The van der Waals surface area contributed by atoms with Gasteiger partial charge in [-0.2, -0.15) is 18.3 Å². The summed E-state index contributed by atoms with van der Waals surface area (Å²) in [4.78, 5) is 11.8. The van der Waals surface area contributed by atoms with Crippen molar-refractivity contribution in [1.29, 1.82) is 0 Å². The quantitative estimate of drug-likeness (QED) is 0.830. The molecule has 9 heteroatoms. The SMILES string of the molecule is Cn1ncc2c(N3CCN(CC(F)(F)F)CC3)ncnc21. The first-order chi connectivity index (χ1) is 9.94. The van der Waals surface area contributed by atoms with Gasteiger partial charge in [0.15, 0.2) is 5.65 Å². The summed E-state index contributed by atoms with van der Waals surface area (Å²) in [5, 5.41) is 4.97. The summed E-state index contributed by atoms with van der Waals surface area (Å²) < 4.78 is 38.8. The Morgan fingerprint density at radius 1 is 1.14 bits per heavy atom. The van der Waals surface area contributed by atoms with E-state index in [1.165, 1.54) is 11.2 Å². The van der Waals surface area contributed by atoms with E-state index in [1.807, 2.05) is 4.90 Å². The van der Waals surface area contributed by atoms with Crippen LogP contribution in [0.2, 0.25) is 0 Å². The van der Waals surface area contributed by atoms with Gasteiger partial charge >= 0.3 is 6.18 Å². The third-order valence-corrected chi connectivity index (χ3v) is 3.58. The molecule has 0 aromatic carbocycles. The molecule has 2 aromatic heterocycles. The Kier molecular flexibility index (Phi) is 3.44. The summed E-state index contributed by atoms with van der Waals surface area (Å²) in [6, 6.07) is 0. The highest BCUT2D eigenvalue weighted by molar-refractivity contribution is 5.86. The van der Waals surface area contributed by atoms with Crippen LogP contribution in [-0.4, -0.2) is 63.5 Å². The molecule has 0 aliphatic carbocycles. The van der Waals surface area contributed by atoms with Gasteiger partial charge in [-0.05, 0) is 0 Å². The van der Waals surface area contributed by atoms with Crippen LogP contribution in [-0.2, 0) is 7.05 Å². The van der Waals surface area contributed by atoms with Crippen LogP contribution in [0.25, 0.3) is 11.0 Å². The minimum Gasteiger partial charge on any atom is -0.353 e. The van der Waals surface area contributed by atoms with Gasteiger partial charge in [-0.3, -0.25) is 9.58 Å². The Morgan fingerprint density at radius 3 is 2.52 bits per heavy atom. The van der Waals surface area contributed by atoms with Crippen molar-refractivity contribution in [2.45, 2.75) is 6.18 Å². The molecule has 3 heterocycles. The highest BCUT2D eigenvalue weighted by Crippen LogP contribution is 2.24. The van der Waals surface area contributed by atoms with E-state index in [1.54, 1.807) is 17.9 Å². The van der Waals surface area contributed by atoms with Crippen molar-refractivity contribution in [3.05, 3.63) is 12.5 Å². The number of rotatable bonds is 2. The number of anilines is 1. The molecule has 0 bridgehead atoms. The van der Waals surface area contributed by atoms with Crippen molar-refractivity contribution in [2.24, 2.45) is 7.05 Å². The Bertz CT molecular complexity index is 629. The van der Waals surface area contributed by atoms with E-state index in [-0.39, 0.29) is 0 Å². The Morgan fingerprint density at radius 2 is 1.86 bits per heavy atom. The molecule has 1 aliphatic heterocycles. The zero-order valence-electron chi connectivity index (χ0n) is 11.5. The highest BCUT2D eigenvalue weighted by atomic mass is 19.4. The van der Waals surface area contributed by atoms with Gasteiger partial charge in [0.25, 0.3) is 0 Å². The zero-order chi connectivity index (χ0) is 15.0. The van der Waals surface area contributed by atoms with Crippen LogP contribution in [0.1, 0.15) is 0 Å². The molecule has 6 nitrogen and oxygen atoms in total. The highest BCUT2D eigenvalue weighted by Gasteiger charge is 2.32. The lowest BCUT2D eigenvalue weighted by Gasteiger charge is -2.35. The fourth-order valence-corrected chi connectivity index (χ4v) is 2.57. The average Bonchev–Trinajstić information content (AvgIpc) is 2.80. The lowest BCUT2D eigenvalue weighted by molar-refractivity contribution is -0.146. The monoisotopic (exact) mass is 300 g/mol. The van der Waals surface area contributed by atoms with Crippen LogP contribution in [0.4, 0.5) is 19.0 Å². The van der Waals surface area contributed by atoms with Gasteiger partial charge in [-0.25, -0.2) is 9.97 Å². The molecule has 0 saturated carbocycles. The number of halogens is 3. The molecule has 1 aliphatic rings. The van der Waals surface area contributed by atoms with Gasteiger partial charge < -0.3 is 4.90 Å². The van der Waals surface area contributed by atoms with Crippen molar-refractivity contribution >= 4 is 16.9 Å². The molecule has 21 heavy (non-hydrogen) atoms. The van der Waals surface area contributed by atoms with E-state index in [2.05, 4.69) is 15.1 Å². The molecule has 0 unspecified atom stereocenters. The molecule has 1 saturated heterocycles. The zero-order valence-corrected chi connectivity index (χ0v) is 11.5. The Labute approximate surface area is 119 Å². The molecule has 114 valence electrons. The van der Waals surface area contributed by atoms with Gasteiger partial charge in [0.05, 0.1) is 18.1 Å². The van der Waals surface area contributed by atoms with Crippen LogP contribution in [0, 0.1) is 0 Å². The van der Waals surface area contributed by atoms with Crippen molar-refractivity contribution in [1.82, 2.24) is 24.6 Å². The number of hydrogen-bond donors (Lipinski definition) is 0. The van der Waals surface area contributed by atoms with Gasteiger partial charge in [-0.15, -0.1) is 0 Å². The number of aromatic nitrogens is 4.